The number of amides is 3. The van der Waals surface area contributed by atoms with Crippen LogP contribution in [-0.2, 0) is 14.4 Å². The first-order valence-corrected chi connectivity index (χ1v) is 13.3. The van der Waals surface area contributed by atoms with Gasteiger partial charge in [-0.15, -0.1) is 0 Å². The second kappa shape index (κ2) is 14.9. The van der Waals surface area contributed by atoms with Crippen LogP contribution >= 0.6 is 34.2 Å². The molecule has 204 valence electrons. The topological polar surface area (TPSA) is 127 Å². The van der Waals surface area contributed by atoms with Crippen LogP contribution in [0.3, 0.4) is 0 Å². The molecule has 0 bridgehead atoms. The Morgan fingerprint density at radius 1 is 0.872 bits per heavy atom. The number of hydrogen-bond acceptors (Lipinski definition) is 7. The van der Waals surface area contributed by atoms with Gasteiger partial charge in [-0.05, 0) is 78.4 Å². The average molecular weight is 665 g/mol. The quantitative estimate of drug-likeness (QED) is 0.117. The Bertz CT molecular complexity index is 1370. The lowest BCUT2D eigenvalue weighted by molar-refractivity contribution is -0.136. The number of halogens is 2. The Morgan fingerprint density at radius 2 is 1.54 bits per heavy atom. The molecule has 0 heterocycles. The normalized spacial score (nSPS) is 10.6. The standard InChI is InChI=1S/C27H26ClIN4O6/c1-3-37-22-12-8-7-11-21(22)32-26(35)27(36)33-30-15-17-13-19(29)25(23(14-17)38-4-2)39-16-24(34)31-20-10-6-5-9-18(20)28/h5-15H,3-4,16H2,1-2H3,(H,31,34)(H,32,35)(H,33,36)/b30-15-. The fourth-order valence-electron chi connectivity index (χ4n) is 3.20. The summed E-state index contributed by atoms with van der Waals surface area (Å²) >= 11 is 8.13. The lowest BCUT2D eigenvalue weighted by Crippen LogP contribution is -2.32. The molecular weight excluding hydrogens is 639 g/mol. The first-order valence-electron chi connectivity index (χ1n) is 11.8. The molecule has 39 heavy (non-hydrogen) atoms. The summed E-state index contributed by atoms with van der Waals surface area (Å²) in [6, 6.07) is 17.0. The first kappa shape index (κ1) is 29.7. The molecule has 0 radical (unpaired) electrons. The predicted molar refractivity (Wildman–Crippen MR) is 158 cm³/mol. The number of rotatable bonds is 11. The number of para-hydroxylation sites is 3. The van der Waals surface area contributed by atoms with Gasteiger partial charge in [-0.25, -0.2) is 5.43 Å². The summed E-state index contributed by atoms with van der Waals surface area (Å²) in [5, 5.41) is 9.48. The maximum absolute atomic E-state index is 12.4. The molecule has 12 heteroatoms. The summed E-state index contributed by atoms with van der Waals surface area (Å²) < 4.78 is 17.5. The van der Waals surface area contributed by atoms with Gasteiger partial charge in [0, 0.05) is 0 Å². The van der Waals surface area contributed by atoms with Crippen LogP contribution in [-0.4, -0.2) is 43.8 Å². The van der Waals surface area contributed by atoms with Crippen LogP contribution in [0.4, 0.5) is 11.4 Å². The van der Waals surface area contributed by atoms with Crippen LogP contribution in [0.5, 0.6) is 17.2 Å². The summed E-state index contributed by atoms with van der Waals surface area (Å²) in [6.45, 7) is 4.11. The average Bonchev–Trinajstić information content (AvgIpc) is 2.91. The minimum absolute atomic E-state index is 0.271. The van der Waals surface area contributed by atoms with E-state index in [0.717, 1.165) is 0 Å². The molecular formula is C27H26ClIN4O6. The molecule has 0 spiro atoms. The Morgan fingerprint density at radius 3 is 2.26 bits per heavy atom. The minimum atomic E-state index is -0.957. The van der Waals surface area contributed by atoms with Gasteiger partial charge in [0.25, 0.3) is 5.91 Å². The van der Waals surface area contributed by atoms with Gasteiger partial charge >= 0.3 is 11.8 Å². The van der Waals surface area contributed by atoms with Crippen LogP contribution in [0.15, 0.2) is 65.8 Å². The van der Waals surface area contributed by atoms with E-state index in [2.05, 4.69) is 21.2 Å². The van der Waals surface area contributed by atoms with Gasteiger partial charge in [-0.1, -0.05) is 35.9 Å². The lowest BCUT2D eigenvalue weighted by Gasteiger charge is -2.15. The van der Waals surface area contributed by atoms with Gasteiger partial charge in [0.15, 0.2) is 18.1 Å². The molecule has 0 atom stereocenters. The first-order chi connectivity index (χ1) is 18.8. The Balaban J connectivity index is 1.62. The predicted octanol–water partition coefficient (Wildman–Crippen LogP) is 4.85. The zero-order valence-electron chi connectivity index (χ0n) is 21.1. The minimum Gasteiger partial charge on any atom is -0.492 e. The van der Waals surface area contributed by atoms with Crippen molar-refractivity contribution >= 4 is 69.5 Å². The number of nitrogens with one attached hydrogen (secondary N) is 3. The van der Waals surface area contributed by atoms with Crippen molar-refractivity contribution in [3.05, 3.63) is 74.8 Å². The fourth-order valence-corrected chi connectivity index (χ4v) is 4.16. The molecule has 0 aromatic heterocycles. The monoisotopic (exact) mass is 664 g/mol. The number of carbonyl (C=O) groups is 3. The highest BCUT2D eigenvalue weighted by molar-refractivity contribution is 14.1. The molecule has 0 aliphatic heterocycles. The number of carbonyl (C=O) groups excluding carboxylic acids is 3. The number of ether oxygens (including phenoxy) is 3. The molecule has 0 aliphatic rings. The van der Waals surface area contributed by atoms with E-state index in [9.17, 15) is 14.4 Å². The van der Waals surface area contributed by atoms with E-state index in [1.54, 1.807) is 60.7 Å². The zero-order chi connectivity index (χ0) is 28.2. The second-order valence-corrected chi connectivity index (χ2v) is 9.23. The lowest BCUT2D eigenvalue weighted by atomic mass is 10.2. The Kier molecular flexibility index (Phi) is 11.4. The number of anilines is 2. The van der Waals surface area contributed by atoms with Gasteiger partial charge in [0.05, 0.1) is 39.4 Å². The molecule has 3 aromatic rings. The zero-order valence-corrected chi connectivity index (χ0v) is 24.0. The van der Waals surface area contributed by atoms with Crippen molar-refractivity contribution in [3.63, 3.8) is 0 Å². The highest BCUT2D eigenvalue weighted by atomic mass is 127. The van der Waals surface area contributed by atoms with Crippen molar-refractivity contribution in [3.8, 4) is 17.2 Å². The van der Waals surface area contributed by atoms with E-state index in [0.29, 0.717) is 56.0 Å². The molecule has 0 fully saturated rings. The summed E-state index contributed by atoms with van der Waals surface area (Å²) in [4.78, 5) is 36.9. The van der Waals surface area contributed by atoms with Gasteiger partial charge in [-0.2, -0.15) is 5.10 Å². The highest BCUT2D eigenvalue weighted by Crippen LogP contribution is 2.34. The van der Waals surface area contributed by atoms with E-state index >= 15 is 0 Å². The van der Waals surface area contributed by atoms with Crippen LogP contribution in [0, 0.1) is 3.57 Å². The van der Waals surface area contributed by atoms with Crippen LogP contribution in [0.1, 0.15) is 19.4 Å². The molecule has 3 N–H and O–H groups in total. The van der Waals surface area contributed by atoms with Crippen molar-refractivity contribution < 1.29 is 28.6 Å². The summed E-state index contributed by atoms with van der Waals surface area (Å²) in [5.74, 6) is -1.04. The summed E-state index contributed by atoms with van der Waals surface area (Å²) in [7, 11) is 0. The number of hydrazone groups is 1. The van der Waals surface area contributed by atoms with Gasteiger partial charge in [0.2, 0.25) is 0 Å². The summed E-state index contributed by atoms with van der Waals surface area (Å²) in [5.41, 5.74) is 3.61. The molecule has 0 saturated carbocycles. The second-order valence-electron chi connectivity index (χ2n) is 7.66. The van der Waals surface area contributed by atoms with Crippen molar-refractivity contribution in [2.45, 2.75) is 13.8 Å². The van der Waals surface area contributed by atoms with Crippen LogP contribution in [0.2, 0.25) is 5.02 Å². The third kappa shape index (κ3) is 8.86. The number of hydrogen-bond donors (Lipinski definition) is 3. The van der Waals surface area contributed by atoms with Crippen molar-refractivity contribution in [1.82, 2.24) is 5.43 Å². The number of benzene rings is 3. The highest BCUT2D eigenvalue weighted by Gasteiger charge is 2.16. The largest absolute Gasteiger partial charge is 0.492 e. The molecule has 3 amide bonds. The van der Waals surface area contributed by atoms with Gasteiger partial charge in [0.1, 0.15) is 5.75 Å². The van der Waals surface area contributed by atoms with Crippen molar-refractivity contribution in [1.29, 1.82) is 0 Å². The third-order valence-electron chi connectivity index (χ3n) is 4.85. The van der Waals surface area contributed by atoms with Gasteiger partial charge < -0.3 is 24.8 Å². The molecule has 0 saturated heterocycles. The van der Waals surface area contributed by atoms with E-state index < -0.39 is 17.7 Å². The van der Waals surface area contributed by atoms with Crippen molar-refractivity contribution in [2.24, 2.45) is 5.10 Å². The molecule has 0 aliphatic carbocycles. The fraction of sp³-hybridized carbons (Fsp3) is 0.185. The van der Waals surface area contributed by atoms with Gasteiger partial charge in [-0.3, -0.25) is 14.4 Å². The van der Waals surface area contributed by atoms with Crippen LogP contribution < -0.4 is 30.3 Å². The SMILES string of the molecule is CCOc1ccccc1NC(=O)C(=O)N/N=C\c1cc(I)c(OCC(=O)Nc2ccccc2Cl)c(OCC)c1. The maximum Gasteiger partial charge on any atom is 0.329 e. The van der Waals surface area contributed by atoms with E-state index in [1.165, 1.54) is 6.21 Å². The van der Waals surface area contributed by atoms with Crippen molar-refractivity contribution in [2.75, 3.05) is 30.5 Å². The van der Waals surface area contributed by atoms with Crippen LogP contribution in [0.25, 0.3) is 0 Å². The molecule has 3 aromatic carbocycles. The van der Waals surface area contributed by atoms with E-state index in [-0.39, 0.29) is 6.61 Å². The number of nitrogens with zero attached hydrogens (tertiary/aromatic N) is 1. The smallest absolute Gasteiger partial charge is 0.329 e. The maximum atomic E-state index is 12.4. The molecule has 0 unspecified atom stereocenters. The summed E-state index contributed by atoms with van der Waals surface area (Å²) in [6.07, 6.45) is 1.36. The molecule has 10 nitrogen and oxygen atoms in total. The van der Waals surface area contributed by atoms with E-state index in [4.69, 9.17) is 25.8 Å². The van der Waals surface area contributed by atoms with E-state index in [1.807, 2.05) is 36.4 Å². The molecule has 3 rings (SSSR count). The third-order valence-corrected chi connectivity index (χ3v) is 5.98. The Hall–Kier alpha value is -3.84. The Labute approximate surface area is 244 Å².